The molecule has 2 aliphatic carbocycles. The fourth-order valence-corrected chi connectivity index (χ4v) is 18.7. The summed E-state index contributed by atoms with van der Waals surface area (Å²) in [7, 11) is -3.65. The van der Waals surface area contributed by atoms with Crippen LogP contribution in [0.2, 0.25) is 0 Å². The molecule has 0 saturated heterocycles. The summed E-state index contributed by atoms with van der Waals surface area (Å²) < 4.78 is 59.8. The molecule has 0 spiro atoms. The third-order valence-corrected chi connectivity index (χ3v) is 23.6. The van der Waals surface area contributed by atoms with Crippen LogP contribution in [0.5, 0.6) is 0 Å². The summed E-state index contributed by atoms with van der Waals surface area (Å²) in [4.78, 5) is 0. The van der Waals surface area contributed by atoms with Crippen LogP contribution in [-0.2, 0) is 10.8 Å². The molecule has 0 fully saturated rings. The molecular formula is C76H122B2F2N4O4Se2. The number of nitrogens with zero attached hydrogens (tertiary/aromatic N) is 4. The van der Waals surface area contributed by atoms with Crippen LogP contribution in [0.3, 0.4) is 0 Å². The third kappa shape index (κ3) is 20.4. The first-order valence-electron chi connectivity index (χ1n) is 38.0. The zero-order valence-electron chi connectivity index (χ0n) is 57.2. The van der Waals surface area contributed by atoms with Crippen LogP contribution in [-0.4, -0.2) is 80.2 Å². The van der Waals surface area contributed by atoms with E-state index in [0.29, 0.717) is 81.1 Å². The van der Waals surface area contributed by atoms with Gasteiger partial charge in [0.05, 0.1) is 0 Å². The van der Waals surface area contributed by atoms with E-state index in [-0.39, 0.29) is 10.9 Å². The van der Waals surface area contributed by atoms with Gasteiger partial charge < -0.3 is 0 Å². The van der Waals surface area contributed by atoms with Gasteiger partial charge in [0.25, 0.3) is 0 Å². The molecule has 8 nitrogen and oxygen atoms in total. The number of fused-ring (bicyclic) bond motifs is 10. The summed E-state index contributed by atoms with van der Waals surface area (Å²) in [5, 5.41) is 45.0. The summed E-state index contributed by atoms with van der Waals surface area (Å²) >= 11 is -1.19. The van der Waals surface area contributed by atoms with Crippen LogP contribution in [0.25, 0.3) is 44.3 Å². The Kier molecular flexibility index (Phi) is 34.8. The number of unbranched alkanes of at least 4 members (excludes halogenated alkanes) is 44. The first kappa shape index (κ1) is 75.1. The van der Waals surface area contributed by atoms with E-state index in [9.17, 15) is 20.1 Å². The molecule has 0 saturated carbocycles. The van der Waals surface area contributed by atoms with Gasteiger partial charge in [0.1, 0.15) is 0 Å². The van der Waals surface area contributed by atoms with Crippen molar-refractivity contribution in [2.75, 3.05) is 0 Å². The van der Waals surface area contributed by atoms with Gasteiger partial charge in [0, 0.05) is 0 Å². The SMILES string of the molecule is CCCCCCCCCCCCCCC1(CCCCCCCCCCCCCC)c2cc(B(O)O)c3n[se]nc3c2-c2c(F)c3c(c(F)c21)-c1c(cc(B(O)O)c2n[se]nc12)C3(CCCCCCCCCCCCCC)CCCCCCCCCCCCCC. The van der Waals surface area contributed by atoms with E-state index in [2.05, 4.69) is 27.7 Å². The zero-order chi connectivity index (χ0) is 63.8. The molecule has 3 aromatic carbocycles. The van der Waals surface area contributed by atoms with Crippen molar-refractivity contribution in [3.63, 3.8) is 0 Å². The van der Waals surface area contributed by atoms with Gasteiger partial charge in [0.2, 0.25) is 0 Å². The Morgan fingerprint density at radius 2 is 0.500 bits per heavy atom. The third-order valence-electron chi connectivity index (χ3n) is 21.4. The van der Waals surface area contributed by atoms with Crippen LogP contribution < -0.4 is 10.9 Å². The minimum Gasteiger partial charge on any atom is -0.0654 e. The molecule has 0 unspecified atom stereocenters. The monoisotopic (exact) mass is 1370 g/mol. The Balaban J connectivity index is 1.29. The summed E-state index contributed by atoms with van der Waals surface area (Å²) in [6.07, 6.45) is 59.8. The van der Waals surface area contributed by atoms with Gasteiger partial charge in [-0.2, -0.15) is 0 Å². The number of hydrogen-bond acceptors (Lipinski definition) is 8. The fourth-order valence-electron chi connectivity index (χ4n) is 16.3. The molecule has 2 aromatic heterocycles. The van der Waals surface area contributed by atoms with Crippen molar-refractivity contribution >= 4 is 77.2 Å². The van der Waals surface area contributed by atoms with Crippen molar-refractivity contribution in [2.24, 2.45) is 0 Å². The quantitative estimate of drug-likeness (QED) is 0.0224. The van der Waals surface area contributed by atoms with Crippen molar-refractivity contribution in [3.05, 3.63) is 46.0 Å². The minimum atomic E-state index is -1.83. The molecule has 0 amide bonds. The van der Waals surface area contributed by atoms with Crippen LogP contribution in [0.15, 0.2) is 12.1 Å². The summed E-state index contributed by atoms with van der Waals surface area (Å²) in [5.74, 6) is -0.783. The standard InChI is InChI=1S/C76H122B2F2N4O4Se2/c1-5-9-13-17-21-25-29-33-37-41-45-49-53-75(54-50-46-42-38-34-30-26-22-18-14-10-6-2)59-57-61(77(85)86)71-73(83-89-81-71)63(59)65-67(75)69(79)66-64-60(58-62(78(87)88)72-74(64)84-90-82-72)76(68(66)70(65)80,55-51-47-43-39-35-31-27-23-19-15-11-7-3)56-52-48-44-40-36-32-28-24-20-16-12-8-4/h57-58,85-88H,5-56H2,1-4H3. The molecule has 2 aliphatic rings. The molecule has 0 bridgehead atoms. The van der Waals surface area contributed by atoms with E-state index in [4.69, 9.17) is 15.9 Å². The van der Waals surface area contributed by atoms with E-state index in [1.165, 1.54) is 205 Å². The summed E-state index contributed by atoms with van der Waals surface area (Å²) in [6.45, 7) is 9.08. The van der Waals surface area contributed by atoms with Gasteiger partial charge in [-0.05, 0) is 0 Å². The second-order valence-corrected chi connectivity index (χ2v) is 30.5. The van der Waals surface area contributed by atoms with Gasteiger partial charge >= 0.3 is 381 Å². The van der Waals surface area contributed by atoms with Crippen molar-refractivity contribution in [2.45, 2.75) is 372 Å². The van der Waals surface area contributed by atoms with Gasteiger partial charge in [-0.15, -0.1) is 0 Å². The molecule has 2 heterocycles. The number of rotatable bonds is 54. The number of halogens is 2. The van der Waals surface area contributed by atoms with Crippen molar-refractivity contribution in [3.8, 4) is 22.3 Å². The summed E-state index contributed by atoms with van der Waals surface area (Å²) in [6, 6.07) is 3.77. The van der Waals surface area contributed by atoms with Gasteiger partial charge in [-0.25, -0.2) is 0 Å². The maximum absolute atomic E-state index is 20.0. The van der Waals surface area contributed by atoms with Crippen LogP contribution in [0.4, 0.5) is 8.78 Å². The maximum atomic E-state index is 20.0. The predicted molar refractivity (Wildman–Crippen MR) is 381 cm³/mol. The fraction of sp³-hybridized carbons (Fsp3) is 0.763. The van der Waals surface area contributed by atoms with E-state index in [1.807, 2.05) is 12.1 Å². The van der Waals surface area contributed by atoms with E-state index >= 15 is 8.78 Å². The molecule has 0 atom stereocenters. The number of benzene rings is 3. The van der Waals surface area contributed by atoms with Gasteiger partial charge in [-0.3, -0.25) is 0 Å². The molecule has 14 heteroatoms. The molecule has 0 radical (unpaired) electrons. The van der Waals surface area contributed by atoms with E-state index in [0.717, 1.165) is 114 Å². The van der Waals surface area contributed by atoms with Crippen molar-refractivity contribution in [1.29, 1.82) is 0 Å². The average Bonchev–Trinajstić information content (AvgIpc) is 1.50. The second kappa shape index (κ2) is 41.6. The normalized spacial score (nSPS) is 13.7. The van der Waals surface area contributed by atoms with Crippen LogP contribution in [0.1, 0.15) is 384 Å². The molecule has 0 aliphatic heterocycles. The van der Waals surface area contributed by atoms with Gasteiger partial charge in [-0.1, -0.05) is 182 Å². The minimum absolute atomic E-state index is 0.274. The molecular weight excluding hydrogens is 1250 g/mol. The second-order valence-electron chi connectivity index (χ2n) is 28.3. The van der Waals surface area contributed by atoms with Crippen molar-refractivity contribution in [1.82, 2.24) is 15.9 Å². The Hall–Kier alpha value is -2.27. The number of aromatic nitrogens is 4. The molecule has 5 aromatic rings. The number of hydrogen-bond donors (Lipinski definition) is 4. The van der Waals surface area contributed by atoms with Crippen LogP contribution >= 0.6 is 0 Å². The molecule has 90 heavy (non-hydrogen) atoms. The smallest absolute Gasteiger partial charge is 0.0654 e. The Labute approximate surface area is 559 Å². The Morgan fingerprint density at radius 3 is 0.711 bits per heavy atom. The van der Waals surface area contributed by atoms with Crippen molar-refractivity contribution < 1.29 is 28.9 Å². The Morgan fingerprint density at radius 1 is 0.300 bits per heavy atom. The average molecular weight is 1370 g/mol. The first-order chi connectivity index (χ1) is 44.1. The first-order valence-corrected chi connectivity index (χ1v) is 41.1. The predicted octanol–water partition coefficient (Wildman–Crippen LogP) is 20.2. The summed E-state index contributed by atoms with van der Waals surface area (Å²) in [5.41, 5.74) is 4.52. The molecule has 502 valence electrons. The van der Waals surface area contributed by atoms with Gasteiger partial charge in [0.15, 0.2) is 0 Å². The molecule has 7 rings (SSSR count). The van der Waals surface area contributed by atoms with E-state index < -0.39 is 66.6 Å². The topological polar surface area (TPSA) is 132 Å². The molecule has 4 N–H and O–H groups in total. The Bertz CT molecular complexity index is 2580. The van der Waals surface area contributed by atoms with E-state index in [1.54, 1.807) is 0 Å². The van der Waals surface area contributed by atoms with Crippen LogP contribution in [0, 0.1) is 11.6 Å². The zero-order valence-corrected chi connectivity index (χ0v) is 60.7.